The van der Waals surface area contributed by atoms with Gasteiger partial charge in [-0.25, -0.2) is 0 Å². The summed E-state index contributed by atoms with van der Waals surface area (Å²) in [5, 5.41) is 2.71. The first-order chi connectivity index (χ1) is 12.0. The average Bonchev–Trinajstić information content (AvgIpc) is 2.61. The Morgan fingerprint density at radius 3 is 2.72 bits per heavy atom. The summed E-state index contributed by atoms with van der Waals surface area (Å²) < 4.78 is 0. The number of amides is 1. The number of rotatable bonds is 5. The summed E-state index contributed by atoms with van der Waals surface area (Å²) in [5.74, 6) is 0.512. The van der Waals surface area contributed by atoms with E-state index in [-0.39, 0.29) is 5.41 Å². The van der Waals surface area contributed by atoms with E-state index in [1.165, 1.54) is 11.1 Å². The Hall–Kier alpha value is -2.33. The lowest BCUT2D eigenvalue weighted by Gasteiger charge is -2.45. The molecular weight excluding hydrogens is 310 g/mol. The highest BCUT2D eigenvalue weighted by Crippen LogP contribution is 2.41. The topological polar surface area (TPSA) is 58.4 Å². The molecule has 2 aromatic carbocycles. The van der Waals surface area contributed by atoms with Crippen molar-refractivity contribution in [3.05, 3.63) is 59.7 Å². The van der Waals surface area contributed by atoms with Crippen molar-refractivity contribution in [3.8, 4) is 0 Å². The van der Waals surface area contributed by atoms with Crippen molar-refractivity contribution in [2.45, 2.75) is 32.2 Å². The molecule has 3 rings (SSSR count). The quantitative estimate of drug-likeness (QED) is 0.647. The van der Waals surface area contributed by atoms with Crippen LogP contribution in [0.3, 0.4) is 0 Å². The molecular formula is C21H27N3O. The van der Waals surface area contributed by atoms with E-state index in [0.717, 1.165) is 26.1 Å². The Labute approximate surface area is 150 Å². The maximum atomic E-state index is 10.8. The van der Waals surface area contributed by atoms with Crippen molar-refractivity contribution in [2.75, 3.05) is 24.1 Å². The van der Waals surface area contributed by atoms with E-state index in [1.807, 2.05) is 12.1 Å². The third-order valence-corrected chi connectivity index (χ3v) is 5.74. The second kappa shape index (κ2) is 7.28. The maximum absolute atomic E-state index is 10.8. The fourth-order valence-electron chi connectivity index (χ4n) is 3.83. The average molecular weight is 337 g/mol. The Kier molecular flexibility index (Phi) is 5.09. The van der Waals surface area contributed by atoms with E-state index in [4.69, 9.17) is 5.73 Å². The molecule has 0 saturated carbocycles. The number of nitrogen functional groups attached to an aromatic ring is 1. The van der Waals surface area contributed by atoms with Gasteiger partial charge in [0, 0.05) is 13.1 Å². The Morgan fingerprint density at radius 2 is 2.04 bits per heavy atom. The molecule has 3 N–H and O–H groups in total. The van der Waals surface area contributed by atoms with E-state index >= 15 is 0 Å². The standard InChI is InChI=1S/C21H27N3O/c1-16-13-24(14-17-6-4-3-5-7-17)11-10-21(16,2)18-8-9-19(22)20(12-18)23-15-25/h3-9,12,15-16H,10-11,13-14,22H2,1-2H3,(H,23,25)/t16-,21-/m0/s1. The lowest BCUT2D eigenvalue weighted by atomic mass is 9.68. The monoisotopic (exact) mass is 337 g/mol. The summed E-state index contributed by atoms with van der Waals surface area (Å²) in [6.45, 7) is 7.78. The number of nitrogens with one attached hydrogen (secondary N) is 1. The number of likely N-dealkylation sites (tertiary alicyclic amines) is 1. The molecule has 0 radical (unpaired) electrons. The number of anilines is 2. The smallest absolute Gasteiger partial charge is 0.211 e. The number of benzene rings is 2. The molecule has 1 amide bonds. The predicted octanol–water partition coefficient (Wildman–Crippen LogP) is 3.64. The summed E-state index contributed by atoms with van der Waals surface area (Å²) in [7, 11) is 0. The normalized spacial score (nSPS) is 24.0. The van der Waals surface area contributed by atoms with Crippen molar-refractivity contribution in [1.82, 2.24) is 4.90 Å². The number of nitrogens with zero attached hydrogens (tertiary/aromatic N) is 1. The summed E-state index contributed by atoms with van der Waals surface area (Å²) in [6.07, 6.45) is 1.77. The summed E-state index contributed by atoms with van der Waals surface area (Å²) in [4.78, 5) is 13.3. The van der Waals surface area contributed by atoms with Crippen LogP contribution in [0.5, 0.6) is 0 Å². The van der Waals surface area contributed by atoms with E-state index < -0.39 is 0 Å². The number of carbonyl (C=O) groups is 1. The van der Waals surface area contributed by atoms with E-state index in [9.17, 15) is 4.79 Å². The van der Waals surface area contributed by atoms with Gasteiger partial charge in [-0.05, 0) is 47.6 Å². The molecule has 1 heterocycles. The third-order valence-electron chi connectivity index (χ3n) is 5.74. The first-order valence-corrected chi connectivity index (χ1v) is 8.89. The van der Waals surface area contributed by atoms with E-state index in [1.54, 1.807) is 0 Å². The van der Waals surface area contributed by atoms with Gasteiger partial charge in [0.15, 0.2) is 0 Å². The molecule has 4 nitrogen and oxygen atoms in total. The summed E-state index contributed by atoms with van der Waals surface area (Å²) in [6, 6.07) is 16.7. The van der Waals surface area contributed by atoms with Crippen molar-refractivity contribution in [2.24, 2.45) is 5.92 Å². The van der Waals surface area contributed by atoms with Crippen LogP contribution in [-0.4, -0.2) is 24.4 Å². The molecule has 1 saturated heterocycles. The van der Waals surface area contributed by atoms with Gasteiger partial charge in [-0.15, -0.1) is 0 Å². The molecule has 132 valence electrons. The van der Waals surface area contributed by atoms with Gasteiger partial charge in [0.1, 0.15) is 0 Å². The second-order valence-corrected chi connectivity index (χ2v) is 7.35. The number of carbonyl (C=O) groups excluding carboxylic acids is 1. The molecule has 0 aliphatic carbocycles. The lowest BCUT2D eigenvalue weighted by molar-refractivity contribution is -0.105. The molecule has 2 aromatic rings. The lowest BCUT2D eigenvalue weighted by Crippen LogP contribution is -2.46. The van der Waals surface area contributed by atoms with Crippen LogP contribution in [0.25, 0.3) is 0 Å². The minimum Gasteiger partial charge on any atom is -0.397 e. The minimum atomic E-state index is 0.0835. The zero-order valence-electron chi connectivity index (χ0n) is 15.0. The molecule has 4 heteroatoms. The van der Waals surface area contributed by atoms with Crippen LogP contribution >= 0.6 is 0 Å². The van der Waals surface area contributed by atoms with Gasteiger partial charge in [-0.3, -0.25) is 9.69 Å². The van der Waals surface area contributed by atoms with Crippen LogP contribution in [0.15, 0.2) is 48.5 Å². The van der Waals surface area contributed by atoms with Gasteiger partial charge in [0.25, 0.3) is 0 Å². The van der Waals surface area contributed by atoms with Crippen molar-refractivity contribution < 1.29 is 4.79 Å². The van der Waals surface area contributed by atoms with Crippen molar-refractivity contribution in [1.29, 1.82) is 0 Å². The maximum Gasteiger partial charge on any atom is 0.211 e. The number of hydrogen-bond acceptors (Lipinski definition) is 3. The molecule has 2 atom stereocenters. The highest BCUT2D eigenvalue weighted by atomic mass is 16.1. The van der Waals surface area contributed by atoms with E-state index in [0.29, 0.717) is 23.7 Å². The largest absolute Gasteiger partial charge is 0.397 e. The number of nitrogens with two attached hydrogens (primary N) is 1. The highest BCUT2D eigenvalue weighted by Gasteiger charge is 2.38. The SMILES string of the molecule is C[C@H]1CN(Cc2ccccc2)CC[C@]1(C)c1ccc(N)c(NC=O)c1. The molecule has 0 spiro atoms. The van der Waals surface area contributed by atoms with Gasteiger partial charge in [0.2, 0.25) is 6.41 Å². The van der Waals surface area contributed by atoms with E-state index in [2.05, 4.69) is 60.5 Å². The van der Waals surface area contributed by atoms with Gasteiger partial charge >= 0.3 is 0 Å². The summed E-state index contributed by atoms with van der Waals surface area (Å²) >= 11 is 0. The van der Waals surface area contributed by atoms with Crippen LogP contribution in [-0.2, 0) is 16.8 Å². The number of piperidine rings is 1. The van der Waals surface area contributed by atoms with Crippen LogP contribution in [0, 0.1) is 5.92 Å². The number of hydrogen-bond donors (Lipinski definition) is 2. The van der Waals surface area contributed by atoms with Crippen molar-refractivity contribution in [3.63, 3.8) is 0 Å². The summed E-state index contributed by atoms with van der Waals surface area (Å²) in [5.41, 5.74) is 9.96. The molecule has 0 unspecified atom stereocenters. The van der Waals surface area contributed by atoms with Gasteiger partial charge < -0.3 is 11.1 Å². The van der Waals surface area contributed by atoms with Gasteiger partial charge in [-0.2, -0.15) is 0 Å². The Morgan fingerprint density at radius 1 is 1.28 bits per heavy atom. The zero-order valence-corrected chi connectivity index (χ0v) is 15.0. The molecule has 25 heavy (non-hydrogen) atoms. The first-order valence-electron chi connectivity index (χ1n) is 8.89. The van der Waals surface area contributed by atoms with Crippen LogP contribution in [0.4, 0.5) is 11.4 Å². The van der Waals surface area contributed by atoms with Crippen LogP contribution in [0.2, 0.25) is 0 Å². The van der Waals surface area contributed by atoms with Crippen molar-refractivity contribution >= 4 is 17.8 Å². The van der Waals surface area contributed by atoms with Gasteiger partial charge in [0.05, 0.1) is 11.4 Å². The minimum absolute atomic E-state index is 0.0835. The Bertz CT molecular complexity index is 731. The second-order valence-electron chi connectivity index (χ2n) is 7.35. The molecule has 1 aliphatic rings. The highest BCUT2D eigenvalue weighted by molar-refractivity contribution is 5.80. The van der Waals surface area contributed by atoms with Crippen LogP contribution in [0.1, 0.15) is 31.4 Å². The van der Waals surface area contributed by atoms with Crippen LogP contribution < -0.4 is 11.1 Å². The fraction of sp³-hybridized carbons (Fsp3) is 0.381. The Balaban J connectivity index is 1.75. The third kappa shape index (κ3) is 3.69. The predicted molar refractivity (Wildman–Crippen MR) is 103 cm³/mol. The molecule has 1 aliphatic heterocycles. The van der Waals surface area contributed by atoms with Gasteiger partial charge in [-0.1, -0.05) is 50.2 Å². The fourth-order valence-corrected chi connectivity index (χ4v) is 3.83. The molecule has 1 fully saturated rings. The first kappa shape index (κ1) is 17.5. The molecule has 0 aromatic heterocycles. The zero-order chi connectivity index (χ0) is 17.9. The molecule has 0 bridgehead atoms.